The van der Waals surface area contributed by atoms with E-state index in [1.807, 2.05) is 37.3 Å². The Morgan fingerprint density at radius 1 is 1.09 bits per heavy atom. The molecule has 0 saturated carbocycles. The lowest BCUT2D eigenvalue weighted by molar-refractivity contribution is 0.0599. The maximum atomic E-state index is 13.6. The van der Waals surface area contributed by atoms with Gasteiger partial charge in [-0.2, -0.15) is 0 Å². The van der Waals surface area contributed by atoms with Crippen LogP contribution in [-0.4, -0.2) is 39.4 Å². The topological polar surface area (TPSA) is 56.8 Å². The molecule has 1 heterocycles. The SMILES string of the molecule is COC(=O)c1cc(C2C[C@H](CCNCCc3ccc(F)c(OC)c3)Oc3ccccc32)ccc1C. The number of hydrogen-bond acceptors (Lipinski definition) is 5. The minimum atomic E-state index is -0.347. The summed E-state index contributed by atoms with van der Waals surface area (Å²) in [6.45, 7) is 3.51. The number of rotatable bonds is 9. The normalized spacial score (nSPS) is 16.8. The third-order valence-electron chi connectivity index (χ3n) is 6.61. The fourth-order valence-corrected chi connectivity index (χ4v) is 4.65. The van der Waals surface area contributed by atoms with E-state index in [9.17, 15) is 9.18 Å². The summed E-state index contributed by atoms with van der Waals surface area (Å²) >= 11 is 0. The number of esters is 1. The monoisotopic (exact) mass is 477 g/mol. The van der Waals surface area contributed by atoms with Crippen LogP contribution in [0.25, 0.3) is 0 Å². The zero-order valence-electron chi connectivity index (χ0n) is 20.5. The Hall–Kier alpha value is -3.38. The summed E-state index contributed by atoms with van der Waals surface area (Å²) < 4.78 is 30.0. The van der Waals surface area contributed by atoms with E-state index in [1.54, 1.807) is 12.1 Å². The van der Waals surface area contributed by atoms with Crippen LogP contribution in [0.5, 0.6) is 11.5 Å². The van der Waals surface area contributed by atoms with Crippen LogP contribution < -0.4 is 14.8 Å². The molecule has 0 aromatic heterocycles. The van der Waals surface area contributed by atoms with Crippen LogP contribution in [0.2, 0.25) is 0 Å². The lowest BCUT2D eigenvalue weighted by Gasteiger charge is -2.33. The number of ether oxygens (including phenoxy) is 3. The van der Waals surface area contributed by atoms with Crippen molar-refractivity contribution >= 4 is 5.97 Å². The average Bonchev–Trinajstić information content (AvgIpc) is 2.88. The fourth-order valence-electron chi connectivity index (χ4n) is 4.65. The van der Waals surface area contributed by atoms with E-state index in [1.165, 1.54) is 20.3 Å². The Morgan fingerprint density at radius 3 is 2.71 bits per heavy atom. The minimum Gasteiger partial charge on any atom is -0.494 e. The van der Waals surface area contributed by atoms with Crippen LogP contribution in [0.3, 0.4) is 0 Å². The highest BCUT2D eigenvalue weighted by atomic mass is 19.1. The molecule has 0 fully saturated rings. The first-order valence-electron chi connectivity index (χ1n) is 12.0. The molecule has 184 valence electrons. The van der Waals surface area contributed by atoms with Crippen molar-refractivity contribution in [2.45, 2.75) is 38.2 Å². The second-order valence-corrected chi connectivity index (χ2v) is 8.89. The molecule has 3 aromatic rings. The summed E-state index contributed by atoms with van der Waals surface area (Å²) in [5.74, 6) is 0.646. The van der Waals surface area contributed by atoms with E-state index in [0.29, 0.717) is 5.56 Å². The molecule has 35 heavy (non-hydrogen) atoms. The smallest absolute Gasteiger partial charge is 0.338 e. The van der Waals surface area contributed by atoms with Gasteiger partial charge in [0.2, 0.25) is 0 Å². The van der Waals surface area contributed by atoms with Gasteiger partial charge >= 0.3 is 5.97 Å². The first-order chi connectivity index (χ1) is 17.0. The van der Waals surface area contributed by atoms with Gasteiger partial charge in [-0.25, -0.2) is 9.18 Å². The van der Waals surface area contributed by atoms with E-state index in [2.05, 4.69) is 17.4 Å². The zero-order valence-corrected chi connectivity index (χ0v) is 20.5. The van der Waals surface area contributed by atoms with Gasteiger partial charge in [0, 0.05) is 11.5 Å². The molecule has 0 bridgehead atoms. The second kappa shape index (κ2) is 11.4. The molecule has 1 aliphatic rings. The Balaban J connectivity index is 1.39. The summed E-state index contributed by atoms with van der Waals surface area (Å²) in [6.07, 6.45) is 2.52. The van der Waals surface area contributed by atoms with Gasteiger partial charge in [-0.15, -0.1) is 0 Å². The fraction of sp³-hybridized carbons (Fsp3) is 0.345. The molecule has 0 amide bonds. The molecular formula is C29H32FNO4. The molecule has 0 aliphatic carbocycles. The van der Waals surface area contributed by atoms with Crippen LogP contribution in [0.4, 0.5) is 4.39 Å². The molecule has 1 aliphatic heterocycles. The number of para-hydroxylation sites is 1. The van der Waals surface area contributed by atoms with Crippen LogP contribution in [0.1, 0.15) is 51.4 Å². The summed E-state index contributed by atoms with van der Waals surface area (Å²) in [6, 6.07) is 19.1. The Morgan fingerprint density at radius 2 is 1.91 bits per heavy atom. The van der Waals surface area contributed by atoms with Crippen molar-refractivity contribution in [1.29, 1.82) is 0 Å². The van der Waals surface area contributed by atoms with Gasteiger partial charge in [-0.05, 0) is 80.2 Å². The van der Waals surface area contributed by atoms with Crippen molar-refractivity contribution in [2.24, 2.45) is 0 Å². The Labute approximate surface area is 206 Å². The van der Waals surface area contributed by atoms with Crippen molar-refractivity contribution in [2.75, 3.05) is 27.3 Å². The molecule has 1 unspecified atom stereocenters. The first-order valence-corrected chi connectivity index (χ1v) is 12.0. The number of methoxy groups -OCH3 is 2. The number of benzene rings is 3. The van der Waals surface area contributed by atoms with Crippen LogP contribution in [-0.2, 0) is 11.2 Å². The van der Waals surface area contributed by atoms with Gasteiger partial charge in [0.15, 0.2) is 11.6 Å². The van der Waals surface area contributed by atoms with Crippen LogP contribution >= 0.6 is 0 Å². The molecular weight excluding hydrogens is 445 g/mol. The van der Waals surface area contributed by atoms with Gasteiger partial charge in [0.1, 0.15) is 11.9 Å². The molecule has 0 radical (unpaired) electrons. The van der Waals surface area contributed by atoms with E-state index in [-0.39, 0.29) is 29.6 Å². The molecule has 5 nitrogen and oxygen atoms in total. The Bertz CT molecular complexity index is 1180. The average molecular weight is 478 g/mol. The van der Waals surface area contributed by atoms with Crippen molar-refractivity contribution in [1.82, 2.24) is 5.32 Å². The molecule has 0 saturated heterocycles. The largest absolute Gasteiger partial charge is 0.494 e. The zero-order chi connectivity index (χ0) is 24.8. The van der Waals surface area contributed by atoms with Gasteiger partial charge in [0.05, 0.1) is 19.8 Å². The summed E-state index contributed by atoms with van der Waals surface area (Å²) in [5.41, 5.74) is 4.76. The van der Waals surface area contributed by atoms with Crippen LogP contribution in [0.15, 0.2) is 60.7 Å². The van der Waals surface area contributed by atoms with Gasteiger partial charge in [-0.3, -0.25) is 0 Å². The van der Waals surface area contributed by atoms with Crippen molar-refractivity contribution < 1.29 is 23.4 Å². The van der Waals surface area contributed by atoms with E-state index in [4.69, 9.17) is 14.2 Å². The first kappa shape index (κ1) is 24.7. The maximum absolute atomic E-state index is 13.6. The van der Waals surface area contributed by atoms with Crippen molar-refractivity contribution in [3.63, 3.8) is 0 Å². The predicted octanol–water partition coefficient (Wildman–Crippen LogP) is 5.43. The highest BCUT2D eigenvalue weighted by Crippen LogP contribution is 2.41. The van der Waals surface area contributed by atoms with Crippen molar-refractivity contribution in [3.8, 4) is 11.5 Å². The summed E-state index contributed by atoms with van der Waals surface area (Å²) in [5, 5.41) is 3.48. The highest BCUT2D eigenvalue weighted by Gasteiger charge is 2.29. The maximum Gasteiger partial charge on any atom is 0.338 e. The third kappa shape index (κ3) is 5.82. The number of nitrogens with one attached hydrogen (secondary N) is 1. The highest BCUT2D eigenvalue weighted by molar-refractivity contribution is 5.91. The number of halogens is 1. The van der Waals surface area contributed by atoms with Crippen LogP contribution in [0, 0.1) is 12.7 Å². The van der Waals surface area contributed by atoms with Gasteiger partial charge < -0.3 is 19.5 Å². The van der Waals surface area contributed by atoms with Gasteiger partial charge in [-0.1, -0.05) is 36.4 Å². The molecule has 2 atom stereocenters. The summed E-state index contributed by atoms with van der Waals surface area (Å²) in [4.78, 5) is 12.3. The van der Waals surface area contributed by atoms with E-state index >= 15 is 0 Å². The molecule has 6 heteroatoms. The lowest BCUT2D eigenvalue weighted by Crippen LogP contribution is -2.30. The number of fused-ring (bicyclic) bond motifs is 1. The second-order valence-electron chi connectivity index (χ2n) is 8.89. The predicted molar refractivity (Wildman–Crippen MR) is 134 cm³/mol. The third-order valence-corrected chi connectivity index (χ3v) is 6.61. The lowest BCUT2D eigenvalue weighted by atomic mass is 9.82. The number of carbonyl (C=O) groups is 1. The van der Waals surface area contributed by atoms with E-state index < -0.39 is 0 Å². The molecule has 0 spiro atoms. The number of aryl methyl sites for hydroxylation is 1. The number of carbonyl (C=O) groups excluding carboxylic acids is 1. The molecule has 1 N–H and O–H groups in total. The van der Waals surface area contributed by atoms with Crippen molar-refractivity contribution in [3.05, 3.63) is 94.3 Å². The van der Waals surface area contributed by atoms with E-state index in [0.717, 1.165) is 60.4 Å². The molecule has 3 aromatic carbocycles. The van der Waals surface area contributed by atoms with Gasteiger partial charge in [0.25, 0.3) is 0 Å². The Kier molecular flexibility index (Phi) is 8.03. The minimum absolute atomic E-state index is 0.0520. The quantitative estimate of drug-likeness (QED) is 0.329. The standard InChI is InChI=1S/C29H32FNO4/c1-19-8-10-21(17-24(19)29(32)34-3)25-18-22(35-27-7-5-4-6-23(25)27)13-15-31-14-12-20-9-11-26(30)28(16-20)33-2/h4-11,16-17,22,25,31H,12-15,18H2,1-3H3/t22-,25?/m0/s1. The molecule has 4 rings (SSSR count). The summed E-state index contributed by atoms with van der Waals surface area (Å²) in [7, 11) is 2.89. The number of hydrogen-bond donors (Lipinski definition) is 1.